The van der Waals surface area contributed by atoms with E-state index in [4.69, 9.17) is 5.11 Å². The monoisotopic (exact) mass is 260 g/mol. The van der Waals surface area contributed by atoms with Crippen LogP contribution in [0.25, 0.3) is 5.57 Å². The normalized spacial score (nSPS) is 14.9. The van der Waals surface area contributed by atoms with Crippen LogP contribution in [0.15, 0.2) is 34.3 Å². The minimum absolute atomic E-state index is 0.245. The second kappa shape index (κ2) is 5.14. The van der Waals surface area contributed by atoms with Crippen LogP contribution in [-0.2, 0) is 0 Å². The fourth-order valence-corrected chi connectivity index (χ4v) is 2.01. The molecule has 100 valence electrons. The molecule has 0 aliphatic carbocycles. The van der Waals surface area contributed by atoms with Crippen LogP contribution in [0.4, 0.5) is 0 Å². The Hall–Kier alpha value is -2.30. The number of allylic oxidation sites excluding steroid dienone is 3. The number of carboxylic acids is 1. The Kier molecular flexibility index (Phi) is 3.55. The summed E-state index contributed by atoms with van der Waals surface area (Å²) in [7, 11) is 0. The largest absolute Gasteiger partial charge is 0.477 e. The van der Waals surface area contributed by atoms with Crippen LogP contribution >= 0.6 is 0 Å². The average Bonchev–Trinajstić information content (AvgIpc) is 2.38. The second-order valence-electron chi connectivity index (χ2n) is 4.47. The number of hydrogen-bond acceptors (Lipinski definition) is 3. The molecular weight excluding hydrogens is 244 g/mol. The van der Waals surface area contributed by atoms with E-state index < -0.39 is 11.5 Å². The van der Waals surface area contributed by atoms with Gasteiger partial charge in [0.2, 0.25) is 0 Å². The topological polar surface area (TPSA) is 82.2 Å². The Bertz CT molecular complexity index is 638. The Morgan fingerprint density at radius 3 is 2.74 bits per heavy atom. The summed E-state index contributed by atoms with van der Waals surface area (Å²) in [5.74, 6) is -1.22. The molecule has 0 unspecified atom stereocenters. The molecule has 1 aliphatic rings. The number of pyridine rings is 1. The first kappa shape index (κ1) is 13.1. The van der Waals surface area contributed by atoms with Gasteiger partial charge >= 0.3 is 5.97 Å². The standard InChI is InChI=1S/C14H16N2O3/c1-3-9-6-11(8(2)15-7-9)12-5-4-10(14(18)19)13(17)16-12/h4-6,15H,3,7H2,1-2H3,(H,16,17)(H,18,19). The number of dihydropyridines is 1. The van der Waals surface area contributed by atoms with Crippen molar-refractivity contribution in [2.75, 3.05) is 6.54 Å². The van der Waals surface area contributed by atoms with Crippen molar-refractivity contribution in [1.82, 2.24) is 10.3 Å². The first-order valence-corrected chi connectivity index (χ1v) is 6.14. The van der Waals surface area contributed by atoms with Crippen molar-refractivity contribution in [3.05, 3.63) is 51.1 Å². The van der Waals surface area contributed by atoms with Gasteiger partial charge in [-0.2, -0.15) is 0 Å². The number of H-pyrrole nitrogens is 1. The summed E-state index contributed by atoms with van der Waals surface area (Å²) < 4.78 is 0. The molecule has 0 atom stereocenters. The third kappa shape index (κ3) is 2.59. The molecule has 19 heavy (non-hydrogen) atoms. The van der Waals surface area contributed by atoms with Crippen molar-refractivity contribution in [2.24, 2.45) is 0 Å². The summed E-state index contributed by atoms with van der Waals surface area (Å²) in [6.45, 7) is 4.81. The molecule has 0 saturated carbocycles. The Morgan fingerprint density at radius 2 is 2.16 bits per heavy atom. The number of hydrogen-bond donors (Lipinski definition) is 3. The van der Waals surface area contributed by atoms with Crippen molar-refractivity contribution >= 4 is 11.5 Å². The average molecular weight is 260 g/mol. The summed E-state index contributed by atoms with van der Waals surface area (Å²) in [4.78, 5) is 25.1. The van der Waals surface area contributed by atoms with Gasteiger partial charge in [0.25, 0.3) is 5.56 Å². The van der Waals surface area contributed by atoms with Gasteiger partial charge < -0.3 is 15.4 Å². The third-order valence-corrected chi connectivity index (χ3v) is 3.22. The van der Waals surface area contributed by atoms with Gasteiger partial charge in [-0.1, -0.05) is 18.6 Å². The maximum atomic E-state index is 11.7. The quantitative estimate of drug-likeness (QED) is 0.773. The summed E-state index contributed by atoms with van der Waals surface area (Å²) in [5, 5.41) is 12.1. The Morgan fingerprint density at radius 1 is 1.42 bits per heavy atom. The molecule has 0 amide bonds. The number of nitrogens with one attached hydrogen (secondary N) is 2. The van der Waals surface area contributed by atoms with Crippen molar-refractivity contribution < 1.29 is 9.90 Å². The van der Waals surface area contributed by atoms with Crippen LogP contribution < -0.4 is 10.9 Å². The summed E-state index contributed by atoms with van der Waals surface area (Å²) in [6.07, 6.45) is 2.97. The highest BCUT2D eigenvalue weighted by Gasteiger charge is 2.14. The van der Waals surface area contributed by atoms with E-state index in [9.17, 15) is 9.59 Å². The van der Waals surface area contributed by atoms with E-state index in [2.05, 4.69) is 17.2 Å². The number of aromatic amines is 1. The molecule has 5 heteroatoms. The number of aromatic carboxylic acids is 1. The number of carboxylic acid groups (broad SMARTS) is 1. The third-order valence-electron chi connectivity index (χ3n) is 3.22. The van der Waals surface area contributed by atoms with Crippen LogP contribution in [0.5, 0.6) is 0 Å². The van der Waals surface area contributed by atoms with Crippen LogP contribution in [0.1, 0.15) is 36.3 Å². The molecule has 0 saturated heterocycles. The zero-order chi connectivity index (χ0) is 14.0. The van der Waals surface area contributed by atoms with E-state index >= 15 is 0 Å². The van der Waals surface area contributed by atoms with E-state index in [-0.39, 0.29) is 5.56 Å². The zero-order valence-corrected chi connectivity index (χ0v) is 10.9. The number of rotatable bonds is 3. The molecular formula is C14H16N2O3. The minimum atomic E-state index is -1.22. The summed E-state index contributed by atoms with van der Waals surface area (Å²) in [5.41, 5.74) is 2.91. The molecule has 5 nitrogen and oxygen atoms in total. The molecule has 2 heterocycles. The van der Waals surface area contributed by atoms with E-state index in [1.165, 1.54) is 11.6 Å². The van der Waals surface area contributed by atoms with E-state index in [0.717, 1.165) is 24.2 Å². The predicted molar refractivity (Wildman–Crippen MR) is 73.0 cm³/mol. The van der Waals surface area contributed by atoms with Crippen LogP contribution in [0.3, 0.4) is 0 Å². The molecule has 1 aromatic heterocycles. The smallest absolute Gasteiger partial charge is 0.341 e. The first-order chi connectivity index (χ1) is 9.02. The number of aromatic nitrogens is 1. The van der Waals surface area contributed by atoms with Gasteiger partial charge in [0, 0.05) is 17.8 Å². The molecule has 3 N–H and O–H groups in total. The predicted octanol–water partition coefficient (Wildman–Crippen LogP) is 1.74. The SMILES string of the molecule is CCC1=CC(c2ccc(C(=O)O)c(=O)[nH]2)=C(C)NC1. The molecule has 1 aliphatic heterocycles. The Balaban J connectivity index is 2.48. The highest BCUT2D eigenvalue weighted by Crippen LogP contribution is 2.22. The van der Waals surface area contributed by atoms with E-state index in [1.807, 2.05) is 13.0 Å². The van der Waals surface area contributed by atoms with Crippen molar-refractivity contribution in [2.45, 2.75) is 20.3 Å². The Labute approximate surface area is 110 Å². The number of carbonyl (C=O) groups is 1. The molecule has 0 fully saturated rings. The van der Waals surface area contributed by atoms with Gasteiger partial charge in [0.1, 0.15) is 5.56 Å². The maximum absolute atomic E-state index is 11.7. The molecule has 0 spiro atoms. The van der Waals surface area contributed by atoms with Gasteiger partial charge in [0.05, 0.1) is 5.69 Å². The van der Waals surface area contributed by atoms with Gasteiger partial charge in [-0.25, -0.2) is 4.79 Å². The van der Waals surface area contributed by atoms with Crippen LogP contribution in [0.2, 0.25) is 0 Å². The van der Waals surface area contributed by atoms with Crippen molar-refractivity contribution in [3.63, 3.8) is 0 Å². The highest BCUT2D eigenvalue weighted by molar-refractivity contribution is 5.87. The van der Waals surface area contributed by atoms with Crippen molar-refractivity contribution in [3.8, 4) is 0 Å². The lowest BCUT2D eigenvalue weighted by Crippen LogP contribution is -2.22. The van der Waals surface area contributed by atoms with Crippen LogP contribution in [-0.4, -0.2) is 22.6 Å². The van der Waals surface area contributed by atoms with E-state index in [0.29, 0.717) is 5.69 Å². The van der Waals surface area contributed by atoms with Gasteiger partial charge in [0.15, 0.2) is 0 Å². The summed E-state index contributed by atoms with van der Waals surface area (Å²) >= 11 is 0. The second-order valence-corrected chi connectivity index (χ2v) is 4.47. The lowest BCUT2D eigenvalue weighted by Gasteiger charge is -2.19. The van der Waals surface area contributed by atoms with E-state index in [1.54, 1.807) is 6.07 Å². The summed E-state index contributed by atoms with van der Waals surface area (Å²) in [6, 6.07) is 2.96. The van der Waals surface area contributed by atoms with Gasteiger partial charge in [-0.15, -0.1) is 0 Å². The zero-order valence-electron chi connectivity index (χ0n) is 10.9. The lowest BCUT2D eigenvalue weighted by atomic mass is 10.0. The van der Waals surface area contributed by atoms with Gasteiger partial charge in [-0.05, 0) is 25.5 Å². The molecule has 0 aromatic carbocycles. The van der Waals surface area contributed by atoms with Crippen LogP contribution in [0, 0.1) is 0 Å². The maximum Gasteiger partial charge on any atom is 0.341 e. The first-order valence-electron chi connectivity index (χ1n) is 6.14. The minimum Gasteiger partial charge on any atom is -0.477 e. The molecule has 0 bridgehead atoms. The van der Waals surface area contributed by atoms with Crippen molar-refractivity contribution in [1.29, 1.82) is 0 Å². The highest BCUT2D eigenvalue weighted by atomic mass is 16.4. The molecule has 2 rings (SSSR count). The fourth-order valence-electron chi connectivity index (χ4n) is 2.01. The van der Waals surface area contributed by atoms with Gasteiger partial charge in [-0.3, -0.25) is 4.79 Å². The fraction of sp³-hybridized carbons (Fsp3) is 0.286. The molecule has 1 aromatic rings. The molecule has 0 radical (unpaired) electrons. The lowest BCUT2D eigenvalue weighted by molar-refractivity contribution is 0.0695.